The highest BCUT2D eigenvalue weighted by Crippen LogP contribution is 2.18. The lowest BCUT2D eigenvalue weighted by Gasteiger charge is -2.25. The fraction of sp³-hybridized carbons (Fsp3) is 0.364. The topological polar surface area (TPSA) is 47.3 Å². The minimum atomic E-state index is -0.535. The van der Waals surface area contributed by atoms with Crippen LogP contribution in [-0.4, -0.2) is 24.8 Å². The van der Waals surface area contributed by atoms with Gasteiger partial charge in [0.15, 0.2) is 0 Å². The highest BCUT2D eigenvalue weighted by Gasteiger charge is 2.10. The van der Waals surface area contributed by atoms with E-state index in [0.29, 0.717) is 5.69 Å². The number of rotatable bonds is 3. The molecule has 0 aliphatic heterocycles. The van der Waals surface area contributed by atoms with Gasteiger partial charge < -0.3 is 10.0 Å². The van der Waals surface area contributed by atoms with Gasteiger partial charge in [-0.1, -0.05) is 0 Å². The first-order chi connectivity index (χ1) is 7.10. The monoisotopic (exact) mass is 208 g/mol. The van der Waals surface area contributed by atoms with E-state index in [9.17, 15) is 4.39 Å². The van der Waals surface area contributed by atoms with Crippen LogP contribution in [-0.2, 0) is 0 Å². The van der Waals surface area contributed by atoms with E-state index in [4.69, 9.17) is 10.4 Å². The summed E-state index contributed by atoms with van der Waals surface area (Å²) in [6.07, 6.45) is 0. The Labute approximate surface area is 88.4 Å². The third-order valence-electron chi connectivity index (χ3n) is 2.41. The summed E-state index contributed by atoms with van der Waals surface area (Å²) in [5, 5.41) is 17.5. The van der Waals surface area contributed by atoms with E-state index in [1.54, 1.807) is 24.1 Å². The summed E-state index contributed by atoms with van der Waals surface area (Å²) in [6, 6.07) is 6.07. The molecule has 0 aliphatic rings. The van der Waals surface area contributed by atoms with E-state index in [0.717, 1.165) is 0 Å². The minimum Gasteiger partial charge on any atom is -0.394 e. The number of halogens is 1. The number of benzene rings is 1. The zero-order valence-electron chi connectivity index (χ0n) is 8.74. The third-order valence-corrected chi connectivity index (χ3v) is 2.41. The molecule has 0 heterocycles. The Morgan fingerprint density at radius 2 is 2.27 bits per heavy atom. The van der Waals surface area contributed by atoms with Crippen LogP contribution in [0.4, 0.5) is 10.1 Å². The molecule has 0 spiro atoms. The first-order valence-corrected chi connectivity index (χ1v) is 4.63. The number of anilines is 1. The lowest BCUT2D eigenvalue weighted by molar-refractivity contribution is 0.270. The van der Waals surface area contributed by atoms with Crippen LogP contribution >= 0.6 is 0 Å². The van der Waals surface area contributed by atoms with Gasteiger partial charge in [-0.3, -0.25) is 0 Å². The van der Waals surface area contributed by atoms with E-state index in [-0.39, 0.29) is 18.2 Å². The standard InChI is InChI=1S/C11H13FN2O/c1-8(7-15)14(2)10-4-3-9(6-13)11(12)5-10/h3-5,8,15H,7H2,1-2H3. The molecule has 1 aromatic carbocycles. The second kappa shape index (κ2) is 4.76. The van der Waals surface area contributed by atoms with Crippen molar-refractivity contribution in [2.45, 2.75) is 13.0 Å². The van der Waals surface area contributed by atoms with Gasteiger partial charge in [-0.05, 0) is 25.1 Å². The quantitative estimate of drug-likeness (QED) is 0.819. The van der Waals surface area contributed by atoms with Crippen molar-refractivity contribution in [2.24, 2.45) is 0 Å². The van der Waals surface area contributed by atoms with E-state index in [1.807, 2.05) is 6.92 Å². The summed E-state index contributed by atoms with van der Waals surface area (Å²) in [6.45, 7) is 1.83. The van der Waals surface area contributed by atoms with Gasteiger partial charge in [-0.2, -0.15) is 5.26 Å². The number of aliphatic hydroxyl groups is 1. The van der Waals surface area contributed by atoms with Crippen LogP contribution in [0.5, 0.6) is 0 Å². The minimum absolute atomic E-state index is 0.00186. The molecule has 1 unspecified atom stereocenters. The molecule has 0 saturated carbocycles. The average molecular weight is 208 g/mol. The Morgan fingerprint density at radius 3 is 2.73 bits per heavy atom. The van der Waals surface area contributed by atoms with Crippen LogP contribution < -0.4 is 4.90 Å². The lowest BCUT2D eigenvalue weighted by Crippen LogP contribution is -2.31. The van der Waals surface area contributed by atoms with Crippen LogP contribution in [0.3, 0.4) is 0 Å². The molecular formula is C11H13FN2O. The normalized spacial score (nSPS) is 11.9. The predicted octanol–water partition coefficient (Wildman–Crippen LogP) is 1.51. The van der Waals surface area contributed by atoms with Gasteiger partial charge in [-0.25, -0.2) is 4.39 Å². The average Bonchev–Trinajstić information content (AvgIpc) is 2.26. The van der Waals surface area contributed by atoms with Crippen molar-refractivity contribution in [3.63, 3.8) is 0 Å². The molecule has 1 atom stereocenters. The Kier molecular flexibility index (Phi) is 3.64. The van der Waals surface area contributed by atoms with Crippen molar-refractivity contribution < 1.29 is 9.50 Å². The SMILES string of the molecule is CC(CO)N(C)c1ccc(C#N)c(F)c1. The molecular weight excluding hydrogens is 195 g/mol. The number of hydrogen-bond acceptors (Lipinski definition) is 3. The number of nitriles is 1. The number of likely N-dealkylation sites (N-methyl/N-ethyl adjacent to an activating group) is 1. The first-order valence-electron chi connectivity index (χ1n) is 4.63. The molecule has 0 amide bonds. The summed E-state index contributed by atoms with van der Waals surface area (Å²) in [5.74, 6) is -0.535. The molecule has 0 aliphatic carbocycles. The Balaban J connectivity index is 2.98. The van der Waals surface area contributed by atoms with Gasteiger partial charge in [-0.15, -0.1) is 0 Å². The van der Waals surface area contributed by atoms with Crippen molar-refractivity contribution in [3.05, 3.63) is 29.6 Å². The van der Waals surface area contributed by atoms with Crippen molar-refractivity contribution in [1.82, 2.24) is 0 Å². The van der Waals surface area contributed by atoms with Gasteiger partial charge in [0.05, 0.1) is 12.2 Å². The zero-order valence-corrected chi connectivity index (χ0v) is 8.74. The van der Waals surface area contributed by atoms with Crippen LogP contribution in [0.25, 0.3) is 0 Å². The fourth-order valence-corrected chi connectivity index (χ4v) is 1.19. The molecule has 1 N–H and O–H groups in total. The van der Waals surface area contributed by atoms with Crippen LogP contribution in [0.2, 0.25) is 0 Å². The summed E-state index contributed by atoms with van der Waals surface area (Å²) in [7, 11) is 1.77. The van der Waals surface area contributed by atoms with Gasteiger partial charge in [0.1, 0.15) is 11.9 Å². The van der Waals surface area contributed by atoms with Crippen LogP contribution in [0.15, 0.2) is 18.2 Å². The fourth-order valence-electron chi connectivity index (χ4n) is 1.19. The highest BCUT2D eigenvalue weighted by atomic mass is 19.1. The maximum Gasteiger partial charge on any atom is 0.143 e. The van der Waals surface area contributed by atoms with Crippen LogP contribution in [0.1, 0.15) is 12.5 Å². The number of hydrogen-bond donors (Lipinski definition) is 1. The second-order valence-electron chi connectivity index (χ2n) is 3.42. The van der Waals surface area contributed by atoms with E-state index < -0.39 is 5.82 Å². The Hall–Kier alpha value is -1.60. The van der Waals surface area contributed by atoms with Gasteiger partial charge in [0, 0.05) is 18.8 Å². The summed E-state index contributed by atoms with van der Waals surface area (Å²) < 4.78 is 13.3. The van der Waals surface area contributed by atoms with E-state index >= 15 is 0 Å². The van der Waals surface area contributed by atoms with E-state index in [1.165, 1.54) is 12.1 Å². The second-order valence-corrected chi connectivity index (χ2v) is 3.42. The first kappa shape index (κ1) is 11.5. The van der Waals surface area contributed by atoms with Crippen molar-refractivity contribution >= 4 is 5.69 Å². The predicted molar refractivity (Wildman–Crippen MR) is 56.1 cm³/mol. The molecule has 0 fully saturated rings. The van der Waals surface area contributed by atoms with Gasteiger partial charge in [0.25, 0.3) is 0 Å². The molecule has 15 heavy (non-hydrogen) atoms. The van der Waals surface area contributed by atoms with Crippen molar-refractivity contribution in [1.29, 1.82) is 5.26 Å². The summed E-state index contributed by atoms with van der Waals surface area (Å²) >= 11 is 0. The van der Waals surface area contributed by atoms with Crippen molar-refractivity contribution in [3.8, 4) is 6.07 Å². The van der Waals surface area contributed by atoms with Crippen molar-refractivity contribution in [2.75, 3.05) is 18.6 Å². The summed E-state index contributed by atoms with van der Waals surface area (Å²) in [5.41, 5.74) is 0.678. The maximum atomic E-state index is 13.3. The molecule has 0 saturated heterocycles. The molecule has 0 aromatic heterocycles. The van der Waals surface area contributed by atoms with Gasteiger partial charge in [0.2, 0.25) is 0 Å². The lowest BCUT2D eigenvalue weighted by atomic mass is 10.2. The number of nitrogens with zero attached hydrogens (tertiary/aromatic N) is 2. The molecule has 0 radical (unpaired) electrons. The third kappa shape index (κ3) is 2.45. The maximum absolute atomic E-state index is 13.3. The highest BCUT2D eigenvalue weighted by molar-refractivity contribution is 5.50. The molecule has 3 nitrogen and oxygen atoms in total. The Bertz CT molecular complexity index is 387. The molecule has 1 rings (SSSR count). The number of aliphatic hydroxyl groups excluding tert-OH is 1. The molecule has 1 aromatic rings. The van der Waals surface area contributed by atoms with Gasteiger partial charge >= 0.3 is 0 Å². The molecule has 80 valence electrons. The Morgan fingerprint density at radius 1 is 1.60 bits per heavy atom. The smallest absolute Gasteiger partial charge is 0.143 e. The van der Waals surface area contributed by atoms with E-state index in [2.05, 4.69) is 0 Å². The molecule has 0 bridgehead atoms. The van der Waals surface area contributed by atoms with Crippen LogP contribution in [0, 0.1) is 17.1 Å². The zero-order chi connectivity index (χ0) is 11.4. The largest absolute Gasteiger partial charge is 0.394 e. The molecule has 4 heteroatoms. The summed E-state index contributed by atoms with van der Waals surface area (Å²) in [4.78, 5) is 1.75.